The number of H-pyrrole nitrogens is 1. The van der Waals surface area contributed by atoms with Crippen molar-refractivity contribution in [1.82, 2.24) is 4.98 Å². The summed E-state index contributed by atoms with van der Waals surface area (Å²) in [5.74, 6) is -0.271. The lowest BCUT2D eigenvalue weighted by molar-refractivity contribution is -0.520. The van der Waals surface area contributed by atoms with Gasteiger partial charge < -0.3 is 4.98 Å². The molecule has 0 saturated carbocycles. The molecular weight excluding hydrogens is 276 g/mol. The van der Waals surface area contributed by atoms with Gasteiger partial charge >= 0.3 is 0 Å². The minimum atomic E-state index is -0.694. The van der Waals surface area contributed by atoms with Crippen molar-refractivity contribution in [3.8, 4) is 0 Å². The van der Waals surface area contributed by atoms with E-state index in [4.69, 9.17) is 0 Å². The Labute approximate surface area is 128 Å². The van der Waals surface area contributed by atoms with Crippen molar-refractivity contribution in [2.75, 3.05) is 0 Å². The zero-order valence-corrected chi connectivity index (χ0v) is 12.6. The smallest absolute Gasteiger partial charge is 0.221 e. The van der Waals surface area contributed by atoms with E-state index in [1.807, 2.05) is 61.5 Å². The number of aromatic nitrogens is 1. The van der Waals surface area contributed by atoms with Crippen molar-refractivity contribution in [2.45, 2.75) is 25.8 Å². The van der Waals surface area contributed by atoms with Crippen LogP contribution in [0.5, 0.6) is 0 Å². The van der Waals surface area contributed by atoms with E-state index in [1.165, 1.54) is 0 Å². The molecule has 2 aromatic carbocycles. The zero-order chi connectivity index (χ0) is 15.7. The number of hydrogen-bond acceptors (Lipinski definition) is 2. The number of hydrogen-bond donors (Lipinski definition) is 1. The molecule has 0 spiro atoms. The summed E-state index contributed by atoms with van der Waals surface area (Å²) in [6.45, 7) is 3.66. The van der Waals surface area contributed by atoms with Gasteiger partial charge in [-0.2, -0.15) is 0 Å². The second kappa shape index (κ2) is 5.64. The molecule has 0 aliphatic heterocycles. The van der Waals surface area contributed by atoms with Crippen molar-refractivity contribution >= 4 is 10.9 Å². The summed E-state index contributed by atoms with van der Waals surface area (Å²) in [6.07, 6.45) is 0. The van der Waals surface area contributed by atoms with E-state index in [9.17, 15) is 10.1 Å². The van der Waals surface area contributed by atoms with Gasteiger partial charge in [-0.05, 0) is 24.1 Å². The lowest BCUT2D eigenvalue weighted by atomic mass is 9.84. The average molecular weight is 294 g/mol. The SMILES string of the molecule is Cc1[nH]c2ccccc2c1[C@H](c1ccccc1)C(C)[N+](=O)[O-]. The van der Waals surface area contributed by atoms with Crippen molar-refractivity contribution in [3.63, 3.8) is 0 Å². The number of nitrogens with zero attached hydrogens (tertiary/aromatic N) is 1. The highest BCUT2D eigenvalue weighted by atomic mass is 16.6. The lowest BCUT2D eigenvalue weighted by Gasteiger charge is -2.19. The molecule has 0 aliphatic rings. The minimum Gasteiger partial charge on any atom is -0.358 e. The first kappa shape index (κ1) is 14.3. The van der Waals surface area contributed by atoms with Crippen LogP contribution in [0, 0.1) is 17.0 Å². The van der Waals surface area contributed by atoms with Crippen molar-refractivity contribution < 1.29 is 4.92 Å². The molecule has 0 bridgehead atoms. The van der Waals surface area contributed by atoms with Gasteiger partial charge in [0, 0.05) is 28.4 Å². The van der Waals surface area contributed by atoms with Gasteiger partial charge in [-0.1, -0.05) is 48.5 Å². The Morgan fingerprint density at radius 1 is 1.05 bits per heavy atom. The van der Waals surface area contributed by atoms with Gasteiger partial charge in [0.05, 0.1) is 5.92 Å². The molecule has 2 atom stereocenters. The highest BCUT2D eigenvalue weighted by Gasteiger charge is 2.32. The molecule has 0 saturated heterocycles. The van der Waals surface area contributed by atoms with Gasteiger partial charge in [-0.3, -0.25) is 10.1 Å². The summed E-state index contributed by atoms with van der Waals surface area (Å²) in [6, 6.07) is 17.0. The molecule has 0 radical (unpaired) electrons. The van der Waals surface area contributed by atoms with E-state index in [-0.39, 0.29) is 10.8 Å². The summed E-state index contributed by atoms with van der Waals surface area (Å²) in [4.78, 5) is 14.6. The molecule has 1 N–H and O–H groups in total. The number of aromatic amines is 1. The highest BCUT2D eigenvalue weighted by Crippen LogP contribution is 2.36. The first-order chi connectivity index (χ1) is 10.6. The molecule has 0 fully saturated rings. The fourth-order valence-corrected chi connectivity index (χ4v) is 3.17. The first-order valence-electron chi connectivity index (χ1n) is 7.35. The molecule has 4 heteroatoms. The molecule has 1 unspecified atom stereocenters. The van der Waals surface area contributed by atoms with E-state index in [1.54, 1.807) is 6.92 Å². The lowest BCUT2D eigenvalue weighted by Crippen LogP contribution is -2.25. The molecule has 1 heterocycles. The molecule has 0 aliphatic carbocycles. The Bertz CT molecular complexity index is 808. The number of rotatable bonds is 4. The Hall–Kier alpha value is -2.62. The molecule has 3 aromatic rings. The van der Waals surface area contributed by atoms with E-state index in [0.29, 0.717) is 0 Å². The van der Waals surface area contributed by atoms with Gasteiger partial charge in [-0.15, -0.1) is 0 Å². The maximum Gasteiger partial charge on any atom is 0.221 e. The normalized spacial score (nSPS) is 13.9. The number of fused-ring (bicyclic) bond motifs is 1. The Morgan fingerprint density at radius 3 is 2.36 bits per heavy atom. The van der Waals surface area contributed by atoms with E-state index in [2.05, 4.69) is 4.98 Å². The molecule has 4 nitrogen and oxygen atoms in total. The fourth-order valence-electron chi connectivity index (χ4n) is 3.17. The van der Waals surface area contributed by atoms with E-state index in [0.717, 1.165) is 27.7 Å². The van der Waals surface area contributed by atoms with Crippen LogP contribution in [0.1, 0.15) is 29.7 Å². The van der Waals surface area contributed by atoms with Crippen LogP contribution >= 0.6 is 0 Å². The van der Waals surface area contributed by atoms with E-state index < -0.39 is 6.04 Å². The summed E-state index contributed by atoms with van der Waals surface area (Å²) >= 11 is 0. The van der Waals surface area contributed by atoms with Crippen LogP contribution < -0.4 is 0 Å². The van der Waals surface area contributed by atoms with Gasteiger partial charge in [0.25, 0.3) is 0 Å². The summed E-state index contributed by atoms with van der Waals surface area (Å²) in [7, 11) is 0. The summed E-state index contributed by atoms with van der Waals surface area (Å²) in [5.41, 5.74) is 4.00. The third-order valence-corrected chi connectivity index (χ3v) is 4.23. The number of aryl methyl sites for hydroxylation is 1. The number of nitrogens with one attached hydrogen (secondary N) is 1. The zero-order valence-electron chi connectivity index (χ0n) is 12.6. The van der Waals surface area contributed by atoms with Crippen molar-refractivity contribution in [3.05, 3.63) is 81.5 Å². The maximum atomic E-state index is 11.5. The molecule has 3 rings (SSSR count). The van der Waals surface area contributed by atoms with Crippen LogP contribution in [0.25, 0.3) is 10.9 Å². The van der Waals surface area contributed by atoms with Crippen LogP contribution in [0.15, 0.2) is 54.6 Å². The molecular formula is C18H18N2O2. The fraction of sp³-hybridized carbons (Fsp3) is 0.222. The summed E-state index contributed by atoms with van der Waals surface area (Å²) in [5, 5.41) is 12.5. The standard InChI is InChI=1S/C18H18N2O2/c1-12-17(15-10-6-7-11-16(15)19-12)18(13(2)20(21)22)14-8-4-3-5-9-14/h3-11,13,18-19H,1-2H3/t13?,18-/m0/s1. The molecule has 22 heavy (non-hydrogen) atoms. The Balaban J connectivity index is 2.25. The Morgan fingerprint density at radius 2 is 1.68 bits per heavy atom. The van der Waals surface area contributed by atoms with Gasteiger partial charge in [0.15, 0.2) is 0 Å². The van der Waals surface area contributed by atoms with Crippen molar-refractivity contribution in [2.24, 2.45) is 0 Å². The van der Waals surface area contributed by atoms with Gasteiger partial charge in [-0.25, -0.2) is 0 Å². The topological polar surface area (TPSA) is 58.9 Å². The highest BCUT2D eigenvalue weighted by molar-refractivity contribution is 5.85. The van der Waals surface area contributed by atoms with Crippen LogP contribution in [0.2, 0.25) is 0 Å². The quantitative estimate of drug-likeness (QED) is 0.577. The first-order valence-corrected chi connectivity index (χ1v) is 7.35. The number of para-hydroxylation sites is 1. The van der Waals surface area contributed by atoms with Crippen LogP contribution in [0.4, 0.5) is 0 Å². The number of nitro groups is 1. The van der Waals surface area contributed by atoms with Crippen LogP contribution in [-0.2, 0) is 0 Å². The molecule has 112 valence electrons. The second-order valence-electron chi connectivity index (χ2n) is 5.62. The van der Waals surface area contributed by atoms with Crippen molar-refractivity contribution in [1.29, 1.82) is 0 Å². The monoisotopic (exact) mass is 294 g/mol. The predicted octanol–water partition coefficient (Wildman–Crippen LogP) is 4.27. The number of benzene rings is 2. The molecule has 0 amide bonds. The average Bonchev–Trinajstić information content (AvgIpc) is 2.85. The van der Waals surface area contributed by atoms with E-state index >= 15 is 0 Å². The van der Waals surface area contributed by atoms with Crippen LogP contribution in [-0.4, -0.2) is 15.9 Å². The Kier molecular flexibility index (Phi) is 3.67. The third kappa shape index (κ3) is 2.37. The van der Waals surface area contributed by atoms with Gasteiger partial charge in [0.1, 0.15) is 0 Å². The molecule has 1 aromatic heterocycles. The van der Waals surface area contributed by atoms with Crippen LogP contribution in [0.3, 0.4) is 0 Å². The second-order valence-corrected chi connectivity index (χ2v) is 5.62. The van der Waals surface area contributed by atoms with Gasteiger partial charge in [0.2, 0.25) is 6.04 Å². The predicted molar refractivity (Wildman–Crippen MR) is 87.8 cm³/mol. The third-order valence-electron chi connectivity index (χ3n) is 4.23. The largest absolute Gasteiger partial charge is 0.358 e. The summed E-state index contributed by atoms with van der Waals surface area (Å²) < 4.78 is 0. The minimum absolute atomic E-state index is 0.196. The maximum absolute atomic E-state index is 11.5.